The first-order chi connectivity index (χ1) is 14.9. The number of fused-ring (bicyclic) bond motifs is 3. The van der Waals surface area contributed by atoms with E-state index in [1.54, 1.807) is 36.4 Å². The molecule has 0 aliphatic carbocycles. The van der Waals surface area contributed by atoms with Crippen LogP contribution >= 0.6 is 15.9 Å². The van der Waals surface area contributed by atoms with Crippen molar-refractivity contribution in [3.8, 4) is 0 Å². The lowest BCUT2D eigenvalue weighted by atomic mass is 9.86. The van der Waals surface area contributed by atoms with Gasteiger partial charge in [0.1, 0.15) is 11.9 Å². The van der Waals surface area contributed by atoms with Crippen LogP contribution < -0.4 is 4.90 Å². The van der Waals surface area contributed by atoms with Gasteiger partial charge in [0.15, 0.2) is 0 Å². The molecule has 2 bridgehead atoms. The topological polar surface area (TPSA) is 59.1 Å². The van der Waals surface area contributed by atoms with E-state index >= 15 is 0 Å². The first-order valence-electron chi connectivity index (χ1n) is 10.3. The highest BCUT2D eigenvalue weighted by Gasteiger charge is 2.37. The Bertz CT molecular complexity index is 978. The molecule has 3 aliphatic rings. The number of carbonyl (C=O) groups is 2. The summed E-state index contributed by atoms with van der Waals surface area (Å²) in [5.74, 6) is -0.667. The van der Waals surface area contributed by atoms with E-state index in [1.165, 1.54) is 18.1 Å². The molecule has 1 amide bonds. The predicted octanol–water partition coefficient (Wildman–Crippen LogP) is 4.61. The molecule has 1 atom stereocenters. The van der Waals surface area contributed by atoms with E-state index in [0.717, 1.165) is 25.9 Å². The number of para-hydroxylation sites is 1. The fourth-order valence-corrected chi connectivity index (χ4v) is 4.86. The van der Waals surface area contributed by atoms with Gasteiger partial charge in [-0.1, -0.05) is 28.1 Å². The van der Waals surface area contributed by atoms with Gasteiger partial charge in [0.2, 0.25) is 0 Å². The number of rotatable bonds is 5. The summed E-state index contributed by atoms with van der Waals surface area (Å²) in [5, 5.41) is 0. The van der Waals surface area contributed by atoms with Gasteiger partial charge >= 0.3 is 12.1 Å². The monoisotopic (exact) mass is 490 g/mol. The number of anilines is 1. The van der Waals surface area contributed by atoms with Gasteiger partial charge in [-0.05, 0) is 67.7 Å². The third-order valence-electron chi connectivity index (χ3n) is 5.93. The lowest BCUT2D eigenvalue weighted by Crippen LogP contribution is -2.53. The first-order valence-corrected chi connectivity index (χ1v) is 11.1. The maximum Gasteiger partial charge on any atom is 0.415 e. The number of piperidine rings is 3. The first kappa shape index (κ1) is 21.8. The van der Waals surface area contributed by atoms with Crippen molar-refractivity contribution in [1.82, 2.24) is 4.90 Å². The normalized spacial score (nSPS) is 22.1. The van der Waals surface area contributed by atoms with Gasteiger partial charge in [-0.15, -0.1) is 0 Å². The Hall–Kier alpha value is -2.45. The Labute approximate surface area is 189 Å². The fraction of sp³-hybridized carbons (Fsp3) is 0.391. The van der Waals surface area contributed by atoms with Crippen LogP contribution in [0.2, 0.25) is 0 Å². The van der Waals surface area contributed by atoms with E-state index in [-0.39, 0.29) is 18.3 Å². The molecular weight excluding hydrogens is 467 g/mol. The molecule has 2 aromatic carbocycles. The standard InChI is InChI=1S/C23H24BrFN2O4/c1-30-22(28)17-10-15(11-18(24)12-17)13-27(20-5-3-2-4-19(20)25)23(29)31-21-14-26-8-6-16(21)7-9-26/h2-5,10-12,16,21H,6-9,13-14H2,1H3/t21-/m0/s1. The summed E-state index contributed by atoms with van der Waals surface area (Å²) in [7, 11) is 1.31. The van der Waals surface area contributed by atoms with E-state index in [2.05, 4.69) is 20.8 Å². The zero-order valence-electron chi connectivity index (χ0n) is 17.2. The number of esters is 1. The quantitative estimate of drug-likeness (QED) is 0.572. The van der Waals surface area contributed by atoms with E-state index in [9.17, 15) is 14.0 Å². The largest absolute Gasteiger partial charge is 0.465 e. The molecule has 3 heterocycles. The minimum Gasteiger partial charge on any atom is -0.465 e. The minimum absolute atomic E-state index is 0.0459. The van der Waals surface area contributed by atoms with Crippen LogP contribution in [-0.4, -0.2) is 49.8 Å². The molecule has 0 saturated carbocycles. The smallest absolute Gasteiger partial charge is 0.415 e. The van der Waals surface area contributed by atoms with Crippen LogP contribution in [0.3, 0.4) is 0 Å². The van der Waals surface area contributed by atoms with Crippen molar-refractivity contribution >= 4 is 33.7 Å². The summed E-state index contributed by atoms with van der Waals surface area (Å²) >= 11 is 3.39. The number of carbonyl (C=O) groups excluding carboxylic acids is 2. The molecule has 5 rings (SSSR count). The Morgan fingerprint density at radius 2 is 1.94 bits per heavy atom. The summed E-state index contributed by atoms with van der Waals surface area (Å²) in [5.41, 5.74) is 1.11. The summed E-state index contributed by atoms with van der Waals surface area (Å²) in [6.07, 6.45) is 1.22. The molecule has 0 N–H and O–H groups in total. The van der Waals surface area contributed by atoms with Gasteiger partial charge in [-0.2, -0.15) is 0 Å². The molecule has 3 saturated heterocycles. The average Bonchev–Trinajstić information content (AvgIpc) is 2.78. The van der Waals surface area contributed by atoms with Gasteiger partial charge in [0.05, 0.1) is 24.9 Å². The highest BCUT2D eigenvalue weighted by atomic mass is 79.9. The van der Waals surface area contributed by atoms with Crippen LogP contribution in [0.15, 0.2) is 46.9 Å². The molecular formula is C23H24BrFN2O4. The molecule has 0 radical (unpaired) electrons. The van der Waals surface area contributed by atoms with E-state index in [4.69, 9.17) is 9.47 Å². The average molecular weight is 491 g/mol. The Balaban J connectivity index is 1.61. The second-order valence-electron chi connectivity index (χ2n) is 7.94. The van der Waals surface area contributed by atoms with E-state index in [0.29, 0.717) is 28.1 Å². The second kappa shape index (κ2) is 9.36. The highest BCUT2D eigenvalue weighted by Crippen LogP contribution is 2.31. The maximum atomic E-state index is 14.6. The van der Waals surface area contributed by atoms with Crippen molar-refractivity contribution in [3.63, 3.8) is 0 Å². The summed E-state index contributed by atoms with van der Waals surface area (Å²) in [4.78, 5) is 28.8. The summed E-state index contributed by atoms with van der Waals surface area (Å²) < 4.78 is 26.0. The van der Waals surface area contributed by atoms with Crippen LogP contribution in [0, 0.1) is 11.7 Å². The van der Waals surface area contributed by atoms with Crippen molar-refractivity contribution in [3.05, 3.63) is 63.9 Å². The van der Waals surface area contributed by atoms with Crippen LogP contribution in [0.4, 0.5) is 14.9 Å². The third-order valence-corrected chi connectivity index (χ3v) is 6.39. The van der Waals surface area contributed by atoms with Crippen LogP contribution in [0.25, 0.3) is 0 Å². The Morgan fingerprint density at radius 3 is 2.58 bits per heavy atom. The third kappa shape index (κ3) is 4.91. The predicted molar refractivity (Wildman–Crippen MR) is 117 cm³/mol. The van der Waals surface area contributed by atoms with Gasteiger partial charge in [0, 0.05) is 11.0 Å². The van der Waals surface area contributed by atoms with Gasteiger partial charge in [0.25, 0.3) is 0 Å². The van der Waals surface area contributed by atoms with E-state index < -0.39 is 17.9 Å². The molecule has 8 heteroatoms. The molecule has 3 fully saturated rings. The molecule has 3 aliphatic heterocycles. The Kier molecular flexibility index (Phi) is 6.57. The number of nitrogens with zero attached hydrogens (tertiary/aromatic N) is 2. The number of amides is 1. The highest BCUT2D eigenvalue weighted by molar-refractivity contribution is 9.10. The van der Waals surface area contributed by atoms with Crippen LogP contribution in [0.1, 0.15) is 28.8 Å². The van der Waals surface area contributed by atoms with E-state index in [1.807, 2.05) is 0 Å². The van der Waals surface area contributed by atoms with Crippen molar-refractivity contribution in [2.24, 2.45) is 5.92 Å². The van der Waals surface area contributed by atoms with Crippen molar-refractivity contribution in [2.45, 2.75) is 25.5 Å². The van der Waals surface area contributed by atoms with Crippen molar-refractivity contribution < 1.29 is 23.5 Å². The molecule has 164 valence electrons. The van der Waals surface area contributed by atoms with Gasteiger partial charge in [-0.25, -0.2) is 14.0 Å². The molecule has 2 aromatic rings. The Morgan fingerprint density at radius 1 is 1.19 bits per heavy atom. The fourth-order valence-electron chi connectivity index (χ4n) is 4.32. The number of halogens is 2. The molecule has 0 unspecified atom stereocenters. The van der Waals surface area contributed by atoms with Gasteiger partial charge in [-0.3, -0.25) is 9.80 Å². The van der Waals surface area contributed by atoms with Gasteiger partial charge < -0.3 is 9.47 Å². The molecule has 0 spiro atoms. The number of hydrogen-bond acceptors (Lipinski definition) is 5. The van der Waals surface area contributed by atoms with Crippen molar-refractivity contribution in [2.75, 3.05) is 31.6 Å². The SMILES string of the molecule is COC(=O)c1cc(Br)cc(CN(C(=O)O[C@H]2CN3CCC2CC3)c2ccccc2F)c1. The number of hydrogen-bond donors (Lipinski definition) is 0. The molecule has 6 nitrogen and oxygen atoms in total. The minimum atomic E-state index is -0.594. The summed E-state index contributed by atoms with van der Waals surface area (Å²) in [6, 6.07) is 11.1. The lowest BCUT2D eigenvalue weighted by molar-refractivity contribution is -0.0311. The zero-order valence-corrected chi connectivity index (χ0v) is 18.8. The van der Waals surface area contributed by atoms with Crippen LogP contribution in [0.5, 0.6) is 0 Å². The summed E-state index contributed by atoms with van der Waals surface area (Å²) in [6.45, 7) is 2.82. The zero-order chi connectivity index (χ0) is 22.0. The molecule has 31 heavy (non-hydrogen) atoms. The number of ether oxygens (including phenoxy) is 2. The lowest BCUT2D eigenvalue weighted by Gasteiger charge is -2.44. The number of benzene rings is 2. The van der Waals surface area contributed by atoms with Crippen molar-refractivity contribution in [1.29, 1.82) is 0 Å². The second-order valence-corrected chi connectivity index (χ2v) is 8.85. The maximum absolute atomic E-state index is 14.6. The molecule has 0 aromatic heterocycles. The number of methoxy groups -OCH3 is 1. The van der Waals surface area contributed by atoms with Crippen LogP contribution in [-0.2, 0) is 16.0 Å².